The van der Waals surface area contributed by atoms with Crippen molar-refractivity contribution in [2.75, 3.05) is 27.4 Å². The molecule has 0 saturated heterocycles. The largest absolute Gasteiger partial charge is 0.497 e. The molecule has 1 heterocycles. The van der Waals surface area contributed by atoms with Gasteiger partial charge in [-0.3, -0.25) is 0 Å². The van der Waals surface area contributed by atoms with E-state index in [1.165, 1.54) is 11.1 Å². The Morgan fingerprint density at radius 1 is 1.09 bits per heavy atom. The van der Waals surface area contributed by atoms with Gasteiger partial charge in [0.25, 0.3) is 0 Å². The smallest absolute Gasteiger partial charge is 0.166 e. The van der Waals surface area contributed by atoms with Crippen LogP contribution in [0.15, 0.2) is 36.4 Å². The van der Waals surface area contributed by atoms with Crippen LogP contribution < -0.4 is 19.5 Å². The first-order valence-corrected chi connectivity index (χ1v) is 7.98. The Bertz CT molecular complexity index is 684. The Labute approximate surface area is 137 Å². The SMILES string of the molecule is CCOc1c(OC)cccc1C1NCCc2cc(OC)ccc21. The lowest BCUT2D eigenvalue weighted by Crippen LogP contribution is -2.31. The van der Waals surface area contributed by atoms with E-state index in [1.54, 1.807) is 14.2 Å². The predicted molar refractivity (Wildman–Crippen MR) is 90.7 cm³/mol. The molecule has 0 aliphatic carbocycles. The molecule has 0 fully saturated rings. The van der Waals surface area contributed by atoms with Crippen molar-refractivity contribution in [1.82, 2.24) is 5.32 Å². The average molecular weight is 313 g/mol. The zero-order chi connectivity index (χ0) is 16.2. The normalized spacial score (nSPS) is 16.6. The van der Waals surface area contributed by atoms with Crippen molar-refractivity contribution in [3.8, 4) is 17.2 Å². The van der Waals surface area contributed by atoms with Gasteiger partial charge in [-0.2, -0.15) is 0 Å². The number of hydrogen-bond donors (Lipinski definition) is 1. The van der Waals surface area contributed by atoms with E-state index in [1.807, 2.05) is 25.1 Å². The highest BCUT2D eigenvalue weighted by Crippen LogP contribution is 2.40. The standard InChI is InChI=1S/C19H23NO3/c1-4-23-19-16(6-5-7-17(19)22-3)18-15-9-8-14(21-2)12-13(15)10-11-20-18/h5-9,12,18,20H,4,10-11H2,1-3H3. The first-order valence-electron chi connectivity index (χ1n) is 7.98. The summed E-state index contributed by atoms with van der Waals surface area (Å²) in [6.45, 7) is 3.52. The molecule has 4 heteroatoms. The van der Waals surface area contributed by atoms with Crippen LogP contribution in [-0.4, -0.2) is 27.4 Å². The first-order chi connectivity index (χ1) is 11.3. The van der Waals surface area contributed by atoms with Crippen molar-refractivity contribution in [2.24, 2.45) is 0 Å². The molecule has 3 rings (SSSR count). The number of hydrogen-bond acceptors (Lipinski definition) is 4. The number of para-hydroxylation sites is 1. The number of fused-ring (bicyclic) bond motifs is 1. The van der Waals surface area contributed by atoms with Crippen LogP contribution in [0.25, 0.3) is 0 Å². The highest BCUT2D eigenvalue weighted by molar-refractivity contribution is 5.53. The molecule has 23 heavy (non-hydrogen) atoms. The van der Waals surface area contributed by atoms with E-state index in [4.69, 9.17) is 14.2 Å². The summed E-state index contributed by atoms with van der Waals surface area (Å²) in [6, 6.07) is 12.4. The lowest BCUT2D eigenvalue weighted by atomic mass is 9.89. The first kappa shape index (κ1) is 15.7. The fourth-order valence-electron chi connectivity index (χ4n) is 3.17. The molecule has 0 saturated carbocycles. The van der Waals surface area contributed by atoms with Crippen molar-refractivity contribution in [3.05, 3.63) is 53.1 Å². The van der Waals surface area contributed by atoms with Crippen LogP contribution >= 0.6 is 0 Å². The monoisotopic (exact) mass is 313 g/mol. The van der Waals surface area contributed by atoms with Crippen molar-refractivity contribution in [2.45, 2.75) is 19.4 Å². The van der Waals surface area contributed by atoms with Gasteiger partial charge in [-0.1, -0.05) is 18.2 Å². The van der Waals surface area contributed by atoms with E-state index in [0.29, 0.717) is 6.61 Å². The van der Waals surface area contributed by atoms with E-state index in [9.17, 15) is 0 Å². The fourth-order valence-corrected chi connectivity index (χ4v) is 3.17. The molecule has 1 aliphatic rings. The quantitative estimate of drug-likeness (QED) is 0.919. The summed E-state index contributed by atoms with van der Waals surface area (Å²) in [5.74, 6) is 2.49. The van der Waals surface area contributed by atoms with Crippen LogP contribution in [0.3, 0.4) is 0 Å². The van der Waals surface area contributed by atoms with E-state index in [0.717, 1.165) is 35.8 Å². The molecule has 0 bridgehead atoms. The van der Waals surface area contributed by atoms with Crippen molar-refractivity contribution >= 4 is 0 Å². The minimum atomic E-state index is 0.0984. The molecule has 0 aromatic heterocycles. The number of methoxy groups -OCH3 is 2. The maximum absolute atomic E-state index is 5.88. The molecule has 1 unspecified atom stereocenters. The van der Waals surface area contributed by atoms with Crippen molar-refractivity contribution < 1.29 is 14.2 Å². The lowest BCUT2D eigenvalue weighted by Gasteiger charge is -2.29. The molecular formula is C19H23NO3. The van der Waals surface area contributed by atoms with E-state index < -0.39 is 0 Å². The van der Waals surface area contributed by atoms with Crippen LogP contribution in [0.4, 0.5) is 0 Å². The summed E-state index contributed by atoms with van der Waals surface area (Å²) in [7, 11) is 3.38. The van der Waals surface area contributed by atoms with Gasteiger partial charge in [0.15, 0.2) is 11.5 Å². The van der Waals surface area contributed by atoms with Gasteiger partial charge < -0.3 is 19.5 Å². The predicted octanol–water partition coefficient (Wildman–Crippen LogP) is 3.34. The van der Waals surface area contributed by atoms with E-state index in [2.05, 4.69) is 23.5 Å². The molecular weight excluding hydrogens is 290 g/mol. The number of benzene rings is 2. The second kappa shape index (κ2) is 6.92. The Morgan fingerprint density at radius 3 is 2.70 bits per heavy atom. The molecule has 122 valence electrons. The van der Waals surface area contributed by atoms with Crippen LogP contribution in [0.1, 0.15) is 29.7 Å². The zero-order valence-corrected chi connectivity index (χ0v) is 13.9. The second-order valence-corrected chi connectivity index (χ2v) is 5.51. The maximum Gasteiger partial charge on any atom is 0.166 e. The Hall–Kier alpha value is -2.20. The Morgan fingerprint density at radius 2 is 1.96 bits per heavy atom. The number of rotatable bonds is 5. The Balaban J connectivity index is 2.07. The number of ether oxygens (including phenoxy) is 3. The van der Waals surface area contributed by atoms with E-state index >= 15 is 0 Å². The minimum Gasteiger partial charge on any atom is -0.497 e. The van der Waals surface area contributed by atoms with Gasteiger partial charge >= 0.3 is 0 Å². The van der Waals surface area contributed by atoms with Crippen molar-refractivity contribution in [3.63, 3.8) is 0 Å². The summed E-state index contributed by atoms with van der Waals surface area (Å²) in [4.78, 5) is 0. The lowest BCUT2D eigenvalue weighted by molar-refractivity contribution is 0.304. The van der Waals surface area contributed by atoms with Gasteiger partial charge in [0, 0.05) is 12.1 Å². The van der Waals surface area contributed by atoms with Crippen molar-refractivity contribution in [1.29, 1.82) is 0 Å². The molecule has 1 atom stereocenters. The third-order valence-corrected chi connectivity index (χ3v) is 4.23. The van der Waals surface area contributed by atoms with Crippen LogP contribution in [0.2, 0.25) is 0 Å². The van der Waals surface area contributed by atoms with Gasteiger partial charge in [-0.25, -0.2) is 0 Å². The molecule has 0 radical (unpaired) electrons. The molecule has 2 aromatic rings. The van der Waals surface area contributed by atoms with Crippen LogP contribution in [-0.2, 0) is 6.42 Å². The highest BCUT2D eigenvalue weighted by Gasteiger charge is 2.25. The van der Waals surface area contributed by atoms with Gasteiger partial charge in [-0.15, -0.1) is 0 Å². The van der Waals surface area contributed by atoms with Gasteiger partial charge in [0.2, 0.25) is 0 Å². The minimum absolute atomic E-state index is 0.0984. The van der Waals surface area contributed by atoms with Gasteiger partial charge in [0.05, 0.1) is 26.9 Å². The third-order valence-electron chi connectivity index (χ3n) is 4.23. The summed E-state index contributed by atoms with van der Waals surface area (Å²) in [5, 5.41) is 3.60. The topological polar surface area (TPSA) is 39.7 Å². The van der Waals surface area contributed by atoms with E-state index in [-0.39, 0.29) is 6.04 Å². The molecule has 2 aromatic carbocycles. The number of nitrogens with one attached hydrogen (secondary N) is 1. The molecule has 0 amide bonds. The Kier molecular flexibility index (Phi) is 4.72. The maximum atomic E-state index is 5.88. The van der Waals surface area contributed by atoms with Crippen LogP contribution in [0, 0.1) is 0 Å². The van der Waals surface area contributed by atoms with Gasteiger partial charge in [0.1, 0.15) is 5.75 Å². The zero-order valence-electron chi connectivity index (χ0n) is 13.9. The summed E-state index contributed by atoms with van der Waals surface area (Å²) in [5.41, 5.74) is 3.70. The fraction of sp³-hybridized carbons (Fsp3) is 0.368. The van der Waals surface area contributed by atoms with Gasteiger partial charge in [-0.05, 0) is 42.7 Å². The third kappa shape index (κ3) is 2.99. The molecule has 0 spiro atoms. The summed E-state index contributed by atoms with van der Waals surface area (Å²) in [6.07, 6.45) is 0.997. The molecule has 1 N–H and O–H groups in total. The molecule has 4 nitrogen and oxygen atoms in total. The summed E-state index contributed by atoms with van der Waals surface area (Å²) >= 11 is 0. The second-order valence-electron chi connectivity index (χ2n) is 5.51. The highest BCUT2D eigenvalue weighted by atomic mass is 16.5. The molecule has 1 aliphatic heterocycles. The average Bonchev–Trinajstić information content (AvgIpc) is 2.61. The van der Waals surface area contributed by atoms with Crippen LogP contribution in [0.5, 0.6) is 17.2 Å². The summed E-state index contributed by atoms with van der Waals surface area (Å²) < 4.78 is 16.7.